The van der Waals surface area contributed by atoms with E-state index in [4.69, 9.17) is 5.11 Å². The van der Waals surface area contributed by atoms with Gasteiger partial charge in [-0.2, -0.15) is 0 Å². The van der Waals surface area contributed by atoms with Gasteiger partial charge in [-0.1, -0.05) is 26.0 Å². The van der Waals surface area contributed by atoms with Gasteiger partial charge < -0.3 is 10.2 Å². The summed E-state index contributed by atoms with van der Waals surface area (Å²) in [7, 11) is 0. The molecule has 0 aliphatic heterocycles. The lowest BCUT2D eigenvalue weighted by molar-refractivity contribution is -0.152. The Morgan fingerprint density at radius 1 is 1.54 bits per heavy atom. The molecule has 0 aromatic rings. The van der Waals surface area contributed by atoms with Crippen LogP contribution in [0.5, 0.6) is 0 Å². The molecule has 0 fully saturated rings. The zero-order chi connectivity index (χ0) is 10.1. The molecule has 0 heterocycles. The molecule has 2 N–H and O–H groups in total. The second-order valence-corrected chi connectivity index (χ2v) is 3.99. The summed E-state index contributed by atoms with van der Waals surface area (Å²) in [5.41, 5.74) is -1.12. The monoisotopic (exact) mass is 184 g/mol. The van der Waals surface area contributed by atoms with E-state index in [1.54, 1.807) is 6.08 Å². The van der Waals surface area contributed by atoms with Gasteiger partial charge in [-0.05, 0) is 18.8 Å². The van der Waals surface area contributed by atoms with Gasteiger partial charge in [-0.3, -0.25) is 4.79 Å². The normalized spacial score (nSPS) is 29.5. The molecule has 0 saturated heterocycles. The summed E-state index contributed by atoms with van der Waals surface area (Å²) in [6.07, 6.45) is 4.78. The number of hydrogen-bond donors (Lipinski definition) is 2. The van der Waals surface area contributed by atoms with E-state index in [0.717, 1.165) is 6.42 Å². The zero-order valence-corrected chi connectivity index (χ0v) is 8.03. The number of hydrogen-bond acceptors (Lipinski definition) is 2. The van der Waals surface area contributed by atoms with Crippen LogP contribution in [0.15, 0.2) is 12.2 Å². The first-order valence-electron chi connectivity index (χ1n) is 4.60. The van der Waals surface area contributed by atoms with Gasteiger partial charge in [0.05, 0.1) is 11.5 Å². The van der Waals surface area contributed by atoms with E-state index in [1.165, 1.54) is 0 Å². The van der Waals surface area contributed by atoms with Crippen molar-refractivity contribution in [2.45, 2.75) is 32.3 Å². The van der Waals surface area contributed by atoms with E-state index in [1.807, 2.05) is 19.9 Å². The molecule has 0 saturated carbocycles. The molecule has 1 rings (SSSR count). The molecule has 0 spiro atoms. The van der Waals surface area contributed by atoms with Crippen molar-refractivity contribution in [2.75, 3.05) is 0 Å². The summed E-state index contributed by atoms with van der Waals surface area (Å²) in [5.74, 6) is -1.65. The number of rotatable bonds is 3. The van der Waals surface area contributed by atoms with Crippen molar-refractivity contribution in [3.05, 3.63) is 12.2 Å². The van der Waals surface area contributed by atoms with Crippen LogP contribution in [0, 0.1) is 11.8 Å². The SMILES string of the molecule is CC(C)C(C(=O)O)C1(O)C=CCC1. The second-order valence-electron chi connectivity index (χ2n) is 3.99. The molecular formula is C10H16O3. The van der Waals surface area contributed by atoms with Crippen molar-refractivity contribution in [3.63, 3.8) is 0 Å². The number of carboxylic acid groups (broad SMARTS) is 1. The van der Waals surface area contributed by atoms with Crippen LogP contribution >= 0.6 is 0 Å². The van der Waals surface area contributed by atoms with Crippen LogP contribution < -0.4 is 0 Å². The fourth-order valence-corrected chi connectivity index (χ4v) is 2.02. The van der Waals surface area contributed by atoms with E-state index >= 15 is 0 Å². The molecular weight excluding hydrogens is 168 g/mol. The van der Waals surface area contributed by atoms with Crippen LogP contribution in [0.3, 0.4) is 0 Å². The first kappa shape index (κ1) is 10.3. The molecule has 0 amide bonds. The third-order valence-corrected chi connectivity index (χ3v) is 2.59. The topological polar surface area (TPSA) is 57.5 Å². The quantitative estimate of drug-likeness (QED) is 0.652. The highest BCUT2D eigenvalue weighted by Crippen LogP contribution is 2.34. The van der Waals surface area contributed by atoms with Crippen molar-refractivity contribution in [1.29, 1.82) is 0 Å². The minimum absolute atomic E-state index is 0.0507. The molecule has 0 radical (unpaired) electrons. The second kappa shape index (κ2) is 3.50. The Kier molecular flexibility index (Phi) is 2.76. The predicted octanol–water partition coefficient (Wildman–Crippen LogP) is 1.42. The van der Waals surface area contributed by atoms with Crippen LogP contribution in [0.1, 0.15) is 26.7 Å². The summed E-state index contributed by atoms with van der Waals surface area (Å²) in [6, 6.07) is 0. The van der Waals surface area contributed by atoms with Crippen molar-refractivity contribution < 1.29 is 15.0 Å². The fourth-order valence-electron chi connectivity index (χ4n) is 2.02. The summed E-state index contributed by atoms with van der Waals surface area (Å²) in [4.78, 5) is 10.9. The summed E-state index contributed by atoms with van der Waals surface area (Å²) in [6.45, 7) is 3.64. The highest BCUT2D eigenvalue weighted by molar-refractivity contribution is 5.72. The van der Waals surface area contributed by atoms with Gasteiger partial charge >= 0.3 is 5.97 Å². The van der Waals surface area contributed by atoms with Crippen LogP contribution in [-0.4, -0.2) is 21.8 Å². The summed E-state index contributed by atoms with van der Waals surface area (Å²) < 4.78 is 0. The maximum absolute atomic E-state index is 10.9. The highest BCUT2D eigenvalue weighted by Gasteiger charge is 2.42. The van der Waals surface area contributed by atoms with Gasteiger partial charge in [-0.15, -0.1) is 0 Å². The molecule has 0 aromatic carbocycles. The highest BCUT2D eigenvalue weighted by atomic mass is 16.4. The largest absolute Gasteiger partial charge is 0.481 e. The van der Waals surface area contributed by atoms with Crippen molar-refractivity contribution in [2.24, 2.45) is 11.8 Å². The Morgan fingerprint density at radius 2 is 2.15 bits per heavy atom. The molecule has 74 valence electrons. The first-order valence-corrected chi connectivity index (χ1v) is 4.60. The van der Waals surface area contributed by atoms with Crippen molar-refractivity contribution >= 4 is 5.97 Å². The maximum atomic E-state index is 10.9. The average molecular weight is 184 g/mol. The van der Waals surface area contributed by atoms with Gasteiger partial charge in [0.25, 0.3) is 0 Å². The molecule has 3 nitrogen and oxygen atoms in total. The lowest BCUT2D eigenvalue weighted by Gasteiger charge is -2.30. The fraction of sp³-hybridized carbons (Fsp3) is 0.700. The zero-order valence-electron chi connectivity index (χ0n) is 8.03. The molecule has 1 aliphatic rings. The molecule has 2 atom stereocenters. The van der Waals surface area contributed by atoms with E-state index in [-0.39, 0.29) is 5.92 Å². The molecule has 3 heteroatoms. The van der Waals surface area contributed by atoms with E-state index in [2.05, 4.69) is 0 Å². The third kappa shape index (κ3) is 1.91. The van der Waals surface area contributed by atoms with Crippen LogP contribution in [0.25, 0.3) is 0 Å². The first-order chi connectivity index (χ1) is 5.97. The Balaban J connectivity index is 2.86. The lowest BCUT2D eigenvalue weighted by Crippen LogP contribution is -2.42. The molecule has 2 unspecified atom stereocenters. The lowest BCUT2D eigenvalue weighted by atomic mass is 9.79. The van der Waals surface area contributed by atoms with Gasteiger partial charge in [0, 0.05) is 0 Å². The van der Waals surface area contributed by atoms with Crippen molar-refractivity contribution in [3.8, 4) is 0 Å². The summed E-state index contributed by atoms with van der Waals surface area (Å²) in [5, 5.41) is 19.0. The number of carbonyl (C=O) groups is 1. The molecule has 0 bridgehead atoms. The van der Waals surface area contributed by atoms with E-state index in [0.29, 0.717) is 6.42 Å². The van der Waals surface area contributed by atoms with Crippen LogP contribution in [-0.2, 0) is 4.79 Å². The van der Waals surface area contributed by atoms with Gasteiger partial charge in [0.1, 0.15) is 0 Å². The number of allylic oxidation sites excluding steroid dienone is 1. The van der Waals surface area contributed by atoms with Gasteiger partial charge in [0.2, 0.25) is 0 Å². The Labute approximate surface area is 78.1 Å². The minimum atomic E-state index is -1.12. The summed E-state index contributed by atoms with van der Waals surface area (Å²) >= 11 is 0. The van der Waals surface area contributed by atoms with Gasteiger partial charge in [-0.25, -0.2) is 0 Å². The van der Waals surface area contributed by atoms with Crippen molar-refractivity contribution in [1.82, 2.24) is 0 Å². The third-order valence-electron chi connectivity index (χ3n) is 2.59. The van der Waals surface area contributed by atoms with E-state index < -0.39 is 17.5 Å². The van der Waals surface area contributed by atoms with Crippen LogP contribution in [0.4, 0.5) is 0 Å². The van der Waals surface area contributed by atoms with Gasteiger partial charge in [0.15, 0.2) is 0 Å². The Bertz CT molecular complexity index is 232. The van der Waals surface area contributed by atoms with E-state index in [9.17, 15) is 9.90 Å². The van der Waals surface area contributed by atoms with Crippen LogP contribution in [0.2, 0.25) is 0 Å². The number of aliphatic hydroxyl groups is 1. The standard InChI is InChI=1S/C10H16O3/c1-7(2)8(9(11)12)10(13)5-3-4-6-10/h3,5,7-8,13H,4,6H2,1-2H3,(H,11,12). The smallest absolute Gasteiger partial charge is 0.310 e. The number of carboxylic acids is 1. The average Bonchev–Trinajstić information content (AvgIpc) is 2.33. The molecule has 13 heavy (non-hydrogen) atoms. The molecule has 1 aliphatic carbocycles. The Morgan fingerprint density at radius 3 is 2.46 bits per heavy atom. The number of aliphatic carboxylic acids is 1. The minimum Gasteiger partial charge on any atom is -0.481 e. The predicted molar refractivity (Wildman–Crippen MR) is 49.3 cm³/mol. The molecule has 0 aromatic heterocycles. The Hall–Kier alpha value is -0.830. The maximum Gasteiger partial charge on any atom is 0.310 e.